The van der Waals surface area contributed by atoms with Crippen LogP contribution in [0.5, 0.6) is 11.5 Å². The number of carbonyl (C=O) groups excluding carboxylic acids is 1. The van der Waals surface area contributed by atoms with Crippen LogP contribution in [0.3, 0.4) is 0 Å². The molecule has 1 atom stereocenters. The zero-order chi connectivity index (χ0) is 28.5. The Kier molecular flexibility index (Phi) is 13.6. The second kappa shape index (κ2) is 16.9. The van der Waals surface area contributed by atoms with Crippen LogP contribution in [0, 0.1) is 16.0 Å². The van der Waals surface area contributed by atoms with E-state index in [4.69, 9.17) is 9.47 Å². The number of benzene rings is 2. The van der Waals surface area contributed by atoms with E-state index in [9.17, 15) is 28.1 Å². The van der Waals surface area contributed by atoms with Gasteiger partial charge in [-0.2, -0.15) is 13.2 Å². The highest BCUT2D eigenvalue weighted by atomic mass is 19.4. The largest absolute Gasteiger partial charge is 0.493 e. The lowest BCUT2D eigenvalue weighted by molar-refractivity contribution is -0.763. The lowest BCUT2D eigenvalue weighted by Gasteiger charge is -2.09. The zero-order valence-corrected chi connectivity index (χ0v) is 21.9. The van der Waals surface area contributed by atoms with Crippen LogP contribution in [0.25, 0.3) is 0 Å². The lowest BCUT2D eigenvalue weighted by atomic mass is 10.0. The number of carbonyl (C=O) groups is 1. The van der Waals surface area contributed by atoms with E-state index < -0.39 is 22.8 Å². The van der Waals surface area contributed by atoms with Crippen LogP contribution in [0.4, 0.5) is 13.2 Å². The second-order valence-corrected chi connectivity index (χ2v) is 8.94. The van der Waals surface area contributed by atoms with Gasteiger partial charge >= 0.3 is 12.1 Å². The lowest BCUT2D eigenvalue weighted by Crippen LogP contribution is -2.10. The summed E-state index contributed by atoms with van der Waals surface area (Å²) in [5, 5.41) is 9.49. The van der Waals surface area contributed by atoms with Crippen LogP contribution in [0.1, 0.15) is 63.0 Å². The monoisotopic (exact) mass is 549 g/mol. The first-order valence-corrected chi connectivity index (χ1v) is 12.8. The number of unbranched alkanes of at least 4 members (excludes halogenated alkanes) is 2. The van der Waals surface area contributed by atoms with E-state index in [1.807, 2.05) is 12.2 Å². The topological polar surface area (TPSA) is 87.9 Å². The van der Waals surface area contributed by atoms with Crippen molar-refractivity contribution >= 4 is 5.97 Å². The Labute approximate surface area is 226 Å². The molecule has 0 fully saturated rings. The SMILES string of the molecule is CC(/C=C/CCOc1cccc(C(F)(F)F)c1)CCCC=CCCCC(=O)Oc1ccccc1CO[N+](=O)[O-]. The maximum Gasteiger partial charge on any atom is 0.416 e. The van der Waals surface area contributed by atoms with Gasteiger partial charge in [-0.1, -0.05) is 55.5 Å². The van der Waals surface area contributed by atoms with Crippen molar-refractivity contribution in [3.05, 3.63) is 94.1 Å². The highest BCUT2D eigenvalue weighted by Gasteiger charge is 2.30. The van der Waals surface area contributed by atoms with Crippen LogP contribution in [-0.4, -0.2) is 17.7 Å². The Balaban J connectivity index is 1.54. The van der Waals surface area contributed by atoms with E-state index in [0.717, 1.165) is 37.8 Å². The first kappa shape index (κ1) is 31.4. The maximum atomic E-state index is 12.7. The summed E-state index contributed by atoms with van der Waals surface area (Å²) in [5.41, 5.74) is -0.294. The number of rotatable bonds is 17. The number of hydrogen-bond donors (Lipinski definition) is 0. The molecule has 0 spiro atoms. The summed E-state index contributed by atoms with van der Waals surface area (Å²) in [4.78, 5) is 26.8. The molecule has 0 radical (unpaired) electrons. The van der Waals surface area contributed by atoms with Gasteiger partial charge in [0.1, 0.15) is 18.1 Å². The van der Waals surface area contributed by atoms with Gasteiger partial charge < -0.3 is 14.3 Å². The van der Waals surface area contributed by atoms with Crippen molar-refractivity contribution in [2.24, 2.45) is 5.92 Å². The molecule has 0 aliphatic rings. The molecule has 0 bridgehead atoms. The molecule has 212 valence electrons. The summed E-state index contributed by atoms with van der Waals surface area (Å²) in [5.74, 6) is 0.435. The number of esters is 1. The predicted molar refractivity (Wildman–Crippen MR) is 141 cm³/mol. The van der Waals surface area contributed by atoms with E-state index in [1.165, 1.54) is 12.1 Å². The molecule has 7 nitrogen and oxygen atoms in total. The minimum absolute atomic E-state index is 0.209. The number of halogens is 3. The average Bonchev–Trinajstić information content (AvgIpc) is 2.89. The molecule has 0 saturated heterocycles. The average molecular weight is 550 g/mol. The Morgan fingerprint density at radius 3 is 2.51 bits per heavy atom. The number of ether oxygens (including phenoxy) is 2. The maximum absolute atomic E-state index is 12.7. The van der Waals surface area contributed by atoms with Crippen LogP contribution in [0.2, 0.25) is 0 Å². The number of allylic oxidation sites excluding steroid dienone is 3. The molecule has 0 heterocycles. The third kappa shape index (κ3) is 13.5. The smallest absolute Gasteiger partial charge is 0.416 e. The predicted octanol–water partition coefficient (Wildman–Crippen LogP) is 7.88. The van der Waals surface area contributed by atoms with Crippen molar-refractivity contribution in [1.82, 2.24) is 0 Å². The highest BCUT2D eigenvalue weighted by Crippen LogP contribution is 2.31. The van der Waals surface area contributed by atoms with E-state index >= 15 is 0 Å². The summed E-state index contributed by atoms with van der Waals surface area (Å²) in [7, 11) is 0. The normalized spacial score (nSPS) is 12.5. The van der Waals surface area contributed by atoms with Crippen molar-refractivity contribution in [3.63, 3.8) is 0 Å². The molecule has 1 unspecified atom stereocenters. The van der Waals surface area contributed by atoms with Gasteiger partial charge in [-0.05, 0) is 68.7 Å². The van der Waals surface area contributed by atoms with Crippen LogP contribution in [0.15, 0.2) is 72.8 Å². The molecule has 0 saturated carbocycles. The summed E-state index contributed by atoms with van der Waals surface area (Å²) in [6.45, 7) is 2.13. The van der Waals surface area contributed by atoms with Crippen molar-refractivity contribution in [1.29, 1.82) is 0 Å². The minimum atomic E-state index is -4.38. The molecule has 0 aliphatic carbocycles. The fourth-order valence-electron chi connectivity index (χ4n) is 3.61. The first-order chi connectivity index (χ1) is 18.6. The fourth-order valence-corrected chi connectivity index (χ4v) is 3.61. The van der Waals surface area contributed by atoms with Gasteiger partial charge in [0.25, 0.3) is 5.09 Å². The molecule has 39 heavy (non-hydrogen) atoms. The molecule has 0 N–H and O–H groups in total. The zero-order valence-electron chi connectivity index (χ0n) is 21.9. The third-order valence-electron chi connectivity index (χ3n) is 5.65. The van der Waals surface area contributed by atoms with Gasteiger partial charge in [0.2, 0.25) is 0 Å². The van der Waals surface area contributed by atoms with Crippen molar-refractivity contribution in [2.75, 3.05) is 6.61 Å². The Morgan fingerprint density at radius 1 is 1.03 bits per heavy atom. The number of nitrogens with zero attached hydrogens (tertiary/aromatic N) is 1. The third-order valence-corrected chi connectivity index (χ3v) is 5.65. The molecule has 2 rings (SSSR count). The van der Waals surface area contributed by atoms with Crippen LogP contribution < -0.4 is 9.47 Å². The minimum Gasteiger partial charge on any atom is -0.493 e. The molecule has 0 amide bonds. The second-order valence-electron chi connectivity index (χ2n) is 8.94. The van der Waals surface area contributed by atoms with Gasteiger partial charge in [-0.25, -0.2) is 0 Å². The molecule has 10 heteroatoms. The van der Waals surface area contributed by atoms with Crippen molar-refractivity contribution in [3.8, 4) is 11.5 Å². The van der Waals surface area contributed by atoms with E-state index in [-0.39, 0.29) is 24.5 Å². The van der Waals surface area contributed by atoms with Gasteiger partial charge in [0, 0.05) is 12.0 Å². The molecule has 0 aromatic heterocycles. The van der Waals surface area contributed by atoms with E-state index in [2.05, 4.69) is 23.9 Å². The summed E-state index contributed by atoms with van der Waals surface area (Å²) in [6.07, 6.45) is 8.97. The van der Waals surface area contributed by atoms with Gasteiger partial charge in [0.05, 0.1) is 12.2 Å². The van der Waals surface area contributed by atoms with E-state index in [1.54, 1.807) is 24.3 Å². The summed E-state index contributed by atoms with van der Waals surface area (Å²) < 4.78 is 49.0. The van der Waals surface area contributed by atoms with Crippen LogP contribution >= 0.6 is 0 Å². The van der Waals surface area contributed by atoms with E-state index in [0.29, 0.717) is 30.9 Å². The Bertz CT molecular complexity index is 1100. The standard InChI is InChI=1S/C29H34F3NO6/c1-23(14-10-11-20-37-26-17-12-16-25(21-26)29(30,31)32)13-6-4-2-3-5-7-19-28(34)39-27-18-9-8-15-24(27)22-38-33(35)36/h2-3,8-10,12,14-18,21,23H,4-7,11,13,19-20,22H2,1H3/b3-2?,14-10+. The highest BCUT2D eigenvalue weighted by molar-refractivity contribution is 5.72. The van der Waals surface area contributed by atoms with Gasteiger partial charge in [0.15, 0.2) is 0 Å². The first-order valence-electron chi connectivity index (χ1n) is 12.8. The molecule has 0 aliphatic heterocycles. The van der Waals surface area contributed by atoms with Crippen molar-refractivity contribution < 1.29 is 37.4 Å². The molecule has 2 aromatic carbocycles. The van der Waals surface area contributed by atoms with Gasteiger partial charge in [-0.15, -0.1) is 10.1 Å². The molecule has 2 aromatic rings. The number of para-hydroxylation sites is 1. The quantitative estimate of drug-likeness (QED) is 0.0498. The number of hydrogen-bond acceptors (Lipinski definition) is 6. The van der Waals surface area contributed by atoms with Crippen molar-refractivity contribution in [2.45, 2.75) is 64.7 Å². The number of alkyl halides is 3. The Morgan fingerprint density at radius 2 is 1.77 bits per heavy atom. The molecular formula is C29H34F3NO6. The molecular weight excluding hydrogens is 515 g/mol. The fraction of sp³-hybridized carbons (Fsp3) is 0.414. The summed E-state index contributed by atoms with van der Waals surface area (Å²) >= 11 is 0. The summed E-state index contributed by atoms with van der Waals surface area (Å²) in [6, 6.07) is 11.4. The Hall–Kier alpha value is -3.82. The van der Waals surface area contributed by atoms with Gasteiger partial charge in [-0.3, -0.25) is 4.79 Å². The van der Waals surface area contributed by atoms with Crippen LogP contribution in [-0.2, 0) is 22.4 Å².